The number of hydrogen-bond donors (Lipinski definition) is 1. The maximum Gasteiger partial charge on any atom is 0.416 e. The molecular formula is C20H20F3N3O3. The molecule has 1 fully saturated rings. The fraction of sp³-hybridized carbons (Fsp3) is 0.300. The Hall–Kier alpha value is -3.23. The van der Waals surface area contributed by atoms with E-state index in [1.807, 2.05) is 0 Å². The van der Waals surface area contributed by atoms with Gasteiger partial charge in [-0.3, -0.25) is 4.79 Å². The van der Waals surface area contributed by atoms with Crippen LogP contribution in [-0.2, 0) is 6.18 Å². The molecule has 2 aromatic rings. The highest BCUT2D eigenvalue weighted by Crippen LogP contribution is 2.30. The Balaban J connectivity index is 1.56. The Bertz CT molecular complexity index is 877. The van der Waals surface area contributed by atoms with E-state index < -0.39 is 17.8 Å². The summed E-state index contributed by atoms with van der Waals surface area (Å²) in [7, 11) is 1.54. The van der Waals surface area contributed by atoms with Crippen LogP contribution in [0.15, 0.2) is 48.5 Å². The van der Waals surface area contributed by atoms with Gasteiger partial charge in [0.1, 0.15) is 5.75 Å². The number of urea groups is 1. The first kappa shape index (κ1) is 20.5. The van der Waals surface area contributed by atoms with E-state index in [0.717, 1.165) is 12.1 Å². The number of methoxy groups -OCH3 is 1. The van der Waals surface area contributed by atoms with E-state index in [1.54, 1.807) is 36.3 Å². The van der Waals surface area contributed by atoms with Gasteiger partial charge in [-0.2, -0.15) is 13.2 Å². The van der Waals surface area contributed by atoms with E-state index in [1.165, 1.54) is 17.0 Å². The fourth-order valence-corrected chi connectivity index (χ4v) is 3.00. The van der Waals surface area contributed by atoms with E-state index in [2.05, 4.69) is 5.32 Å². The molecule has 1 aliphatic rings. The predicted molar refractivity (Wildman–Crippen MR) is 101 cm³/mol. The molecule has 1 N–H and O–H groups in total. The molecule has 1 aliphatic heterocycles. The number of anilines is 1. The molecule has 6 nitrogen and oxygen atoms in total. The van der Waals surface area contributed by atoms with Crippen molar-refractivity contribution < 1.29 is 27.5 Å². The number of carbonyl (C=O) groups is 2. The minimum atomic E-state index is -4.48. The number of ether oxygens (including phenoxy) is 1. The summed E-state index contributed by atoms with van der Waals surface area (Å²) < 4.78 is 43.5. The summed E-state index contributed by atoms with van der Waals surface area (Å²) in [5, 5.41) is 2.48. The molecule has 0 bridgehead atoms. The van der Waals surface area contributed by atoms with Crippen molar-refractivity contribution in [2.45, 2.75) is 6.18 Å². The summed E-state index contributed by atoms with van der Waals surface area (Å²) in [5.41, 5.74) is -0.237. The second-order valence-corrected chi connectivity index (χ2v) is 6.52. The Kier molecular flexibility index (Phi) is 5.95. The summed E-state index contributed by atoms with van der Waals surface area (Å²) in [6.45, 7) is 1.24. The highest BCUT2D eigenvalue weighted by molar-refractivity contribution is 5.95. The third-order valence-electron chi connectivity index (χ3n) is 4.63. The van der Waals surface area contributed by atoms with Gasteiger partial charge in [0.05, 0.1) is 12.7 Å². The standard InChI is InChI=1S/C20H20F3N3O3/c1-29-17-7-5-14(6-8-17)18(27)25-9-11-26(12-10-25)19(28)24-16-4-2-3-15(13-16)20(21,22)23/h2-8,13H,9-12H2,1H3,(H,24,28). The molecule has 0 saturated carbocycles. The van der Waals surface area contributed by atoms with Gasteiger partial charge in [-0.25, -0.2) is 4.79 Å². The first-order valence-electron chi connectivity index (χ1n) is 8.94. The number of nitrogens with one attached hydrogen (secondary N) is 1. The molecule has 29 heavy (non-hydrogen) atoms. The summed E-state index contributed by atoms with van der Waals surface area (Å²) >= 11 is 0. The summed E-state index contributed by atoms with van der Waals surface area (Å²) in [6, 6.07) is 10.7. The van der Waals surface area contributed by atoms with Crippen LogP contribution in [0.25, 0.3) is 0 Å². The van der Waals surface area contributed by atoms with Crippen LogP contribution in [0.4, 0.5) is 23.7 Å². The zero-order chi connectivity index (χ0) is 21.0. The minimum Gasteiger partial charge on any atom is -0.497 e. The number of carbonyl (C=O) groups excluding carboxylic acids is 2. The van der Waals surface area contributed by atoms with E-state index in [-0.39, 0.29) is 24.7 Å². The molecule has 2 aromatic carbocycles. The number of amides is 3. The second-order valence-electron chi connectivity index (χ2n) is 6.52. The number of rotatable bonds is 3. The van der Waals surface area contributed by atoms with Crippen LogP contribution >= 0.6 is 0 Å². The van der Waals surface area contributed by atoms with Crippen molar-refractivity contribution in [3.63, 3.8) is 0 Å². The number of halogens is 3. The van der Waals surface area contributed by atoms with Crippen molar-refractivity contribution >= 4 is 17.6 Å². The van der Waals surface area contributed by atoms with Gasteiger partial charge < -0.3 is 19.9 Å². The lowest BCUT2D eigenvalue weighted by Crippen LogP contribution is -2.51. The Morgan fingerprint density at radius 2 is 1.59 bits per heavy atom. The highest BCUT2D eigenvalue weighted by Gasteiger charge is 2.31. The SMILES string of the molecule is COc1ccc(C(=O)N2CCN(C(=O)Nc3cccc(C(F)(F)F)c3)CC2)cc1. The molecule has 0 unspecified atom stereocenters. The van der Waals surface area contributed by atoms with Crippen LogP contribution in [0, 0.1) is 0 Å². The number of benzene rings is 2. The molecule has 9 heteroatoms. The van der Waals surface area contributed by atoms with Crippen LogP contribution < -0.4 is 10.1 Å². The smallest absolute Gasteiger partial charge is 0.416 e. The van der Waals surface area contributed by atoms with E-state index >= 15 is 0 Å². The summed E-state index contributed by atoms with van der Waals surface area (Å²) in [5.74, 6) is 0.503. The fourth-order valence-electron chi connectivity index (χ4n) is 3.00. The molecular weight excluding hydrogens is 387 g/mol. The Labute approximate surface area is 165 Å². The highest BCUT2D eigenvalue weighted by atomic mass is 19.4. The van der Waals surface area contributed by atoms with Crippen LogP contribution in [0.2, 0.25) is 0 Å². The lowest BCUT2D eigenvalue weighted by Gasteiger charge is -2.34. The van der Waals surface area contributed by atoms with Crippen LogP contribution in [0.5, 0.6) is 5.75 Å². The average Bonchev–Trinajstić information content (AvgIpc) is 2.73. The molecule has 1 saturated heterocycles. The molecule has 1 heterocycles. The Morgan fingerprint density at radius 1 is 0.966 bits per heavy atom. The summed E-state index contributed by atoms with van der Waals surface area (Å²) in [6.07, 6.45) is -4.48. The van der Waals surface area contributed by atoms with Gasteiger partial charge >= 0.3 is 12.2 Å². The molecule has 154 valence electrons. The van der Waals surface area contributed by atoms with Crippen molar-refractivity contribution in [1.82, 2.24) is 9.80 Å². The molecule has 3 rings (SSSR count). The predicted octanol–water partition coefficient (Wildman–Crippen LogP) is 3.70. The Morgan fingerprint density at radius 3 is 2.17 bits per heavy atom. The quantitative estimate of drug-likeness (QED) is 0.844. The maximum atomic E-state index is 12.8. The van der Waals surface area contributed by atoms with E-state index in [0.29, 0.717) is 24.4 Å². The normalized spacial score (nSPS) is 14.5. The first-order chi connectivity index (χ1) is 13.8. The number of hydrogen-bond acceptors (Lipinski definition) is 3. The van der Waals surface area contributed by atoms with Crippen molar-refractivity contribution in [3.05, 3.63) is 59.7 Å². The molecule has 0 radical (unpaired) electrons. The third kappa shape index (κ3) is 4.98. The van der Waals surface area contributed by atoms with Crippen molar-refractivity contribution in [2.75, 3.05) is 38.6 Å². The average molecular weight is 407 g/mol. The second kappa shape index (κ2) is 8.42. The van der Waals surface area contributed by atoms with Crippen molar-refractivity contribution in [1.29, 1.82) is 0 Å². The van der Waals surface area contributed by atoms with Gasteiger partial charge in [-0.1, -0.05) is 6.07 Å². The van der Waals surface area contributed by atoms with Crippen LogP contribution in [-0.4, -0.2) is 55.0 Å². The minimum absolute atomic E-state index is 0.0709. The molecule has 3 amide bonds. The third-order valence-corrected chi connectivity index (χ3v) is 4.63. The largest absolute Gasteiger partial charge is 0.497 e. The van der Waals surface area contributed by atoms with Gasteiger partial charge in [0.25, 0.3) is 5.91 Å². The summed E-state index contributed by atoms with van der Waals surface area (Å²) in [4.78, 5) is 28.0. The lowest BCUT2D eigenvalue weighted by molar-refractivity contribution is -0.137. The zero-order valence-corrected chi connectivity index (χ0v) is 15.7. The first-order valence-corrected chi connectivity index (χ1v) is 8.94. The van der Waals surface area contributed by atoms with Gasteiger partial charge in [0.2, 0.25) is 0 Å². The van der Waals surface area contributed by atoms with E-state index in [9.17, 15) is 22.8 Å². The van der Waals surface area contributed by atoms with Crippen LogP contribution in [0.3, 0.4) is 0 Å². The van der Waals surface area contributed by atoms with Gasteiger partial charge in [-0.15, -0.1) is 0 Å². The number of nitrogens with zero attached hydrogens (tertiary/aromatic N) is 2. The molecule has 0 aliphatic carbocycles. The topological polar surface area (TPSA) is 61.9 Å². The molecule has 0 spiro atoms. The lowest BCUT2D eigenvalue weighted by atomic mass is 10.1. The van der Waals surface area contributed by atoms with Crippen LogP contribution in [0.1, 0.15) is 15.9 Å². The molecule has 0 atom stereocenters. The van der Waals surface area contributed by atoms with Crippen molar-refractivity contribution in [2.24, 2.45) is 0 Å². The van der Waals surface area contributed by atoms with E-state index in [4.69, 9.17) is 4.74 Å². The van der Waals surface area contributed by atoms with Gasteiger partial charge in [0.15, 0.2) is 0 Å². The number of piperazine rings is 1. The van der Waals surface area contributed by atoms with Gasteiger partial charge in [-0.05, 0) is 42.5 Å². The number of alkyl halides is 3. The zero-order valence-electron chi connectivity index (χ0n) is 15.7. The monoisotopic (exact) mass is 407 g/mol. The van der Waals surface area contributed by atoms with Gasteiger partial charge in [0, 0.05) is 37.4 Å². The maximum absolute atomic E-state index is 12.8. The van der Waals surface area contributed by atoms with Crippen molar-refractivity contribution in [3.8, 4) is 5.75 Å². The molecule has 0 aromatic heterocycles.